The molecule has 9 nitrogen and oxygen atoms in total. The number of amides is 1. The normalized spacial score (nSPS) is 17.2. The summed E-state index contributed by atoms with van der Waals surface area (Å²) in [6, 6.07) is 7.80. The third-order valence-corrected chi connectivity index (χ3v) is 12.7. The summed E-state index contributed by atoms with van der Waals surface area (Å²) in [5.74, 6) is -0.542. The second kappa shape index (κ2) is 12.8. The van der Waals surface area contributed by atoms with E-state index in [9.17, 15) is 9.59 Å². The minimum absolute atomic E-state index is 0.00622. The Morgan fingerprint density at radius 3 is 2.33 bits per heavy atom. The lowest BCUT2D eigenvalue weighted by atomic mass is 9.69. The molecule has 0 radical (unpaired) electrons. The van der Waals surface area contributed by atoms with E-state index in [2.05, 4.69) is 48.8 Å². The number of nitrogens with zero attached hydrogens (tertiary/aromatic N) is 2. The Balaban J connectivity index is 1.47. The van der Waals surface area contributed by atoms with Crippen molar-refractivity contribution in [1.82, 2.24) is 5.32 Å². The fourth-order valence-corrected chi connectivity index (χ4v) is 9.60. The number of hydrogen-bond donors (Lipinski definition) is 1. The molecule has 0 fully saturated rings. The minimum Gasteiger partial charge on any atom is -0.422 e. The molecule has 2 aliphatic rings. The summed E-state index contributed by atoms with van der Waals surface area (Å²) < 4.78 is 23.6. The van der Waals surface area contributed by atoms with Crippen LogP contribution in [0.3, 0.4) is 0 Å². The summed E-state index contributed by atoms with van der Waals surface area (Å²) in [4.78, 5) is 33.9. The first kappa shape index (κ1) is 33.1. The van der Waals surface area contributed by atoms with Gasteiger partial charge >= 0.3 is 14.4 Å². The summed E-state index contributed by atoms with van der Waals surface area (Å²) in [6.07, 6.45) is 3.65. The van der Waals surface area contributed by atoms with Crippen LogP contribution in [0.2, 0.25) is 0 Å². The summed E-state index contributed by atoms with van der Waals surface area (Å²) in [6.45, 7) is 25.4. The number of carbonyl (C=O) groups excluding carboxylic acids is 1. The Hall–Kier alpha value is -3.27. The van der Waals surface area contributed by atoms with Gasteiger partial charge in [-0.25, -0.2) is 9.64 Å². The van der Waals surface area contributed by atoms with E-state index in [1.165, 1.54) is 28.7 Å². The molecular weight excluding hydrogens is 607 g/mol. The van der Waals surface area contributed by atoms with Crippen molar-refractivity contribution in [3.8, 4) is 10.4 Å². The Kier molecular flexibility index (Phi) is 9.45. The molecule has 4 heterocycles. The highest BCUT2D eigenvalue weighted by Crippen LogP contribution is 2.51. The third-order valence-electron chi connectivity index (χ3n) is 8.81. The van der Waals surface area contributed by atoms with Gasteiger partial charge in [0.2, 0.25) is 5.91 Å². The molecule has 0 aliphatic carbocycles. The lowest BCUT2D eigenvalue weighted by Gasteiger charge is -2.48. The fourth-order valence-electron chi connectivity index (χ4n) is 6.40. The van der Waals surface area contributed by atoms with Crippen molar-refractivity contribution >= 4 is 48.8 Å². The second-order valence-corrected chi connectivity index (χ2v) is 16.5. The van der Waals surface area contributed by atoms with Crippen LogP contribution in [-0.2, 0) is 28.9 Å². The molecule has 0 spiro atoms. The summed E-state index contributed by atoms with van der Waals surface area (Å²) in [7, 11) is -3.12. The van der Waals surface area contributed by atoms with Gasteiger partial charge in [0.15, 0.2) is 0 Å². The average Bonchev–Trinajstić information content (AvgIpc) is 3.45. The van der Waals surface area contributed by atoms with E-state index in [0.29, 0.717) is 40.7 Å². The molecule has 1 N–H and O–H groups in total. The average molecular weight is 650 g/mol. The number of thiophene rings is 1. The monoisotopic (exact) mass is 649 g/mol. The number of benzene rings is 1. The molecule has 2 aromatic heterocycles. The smallest absolute Gasteiger partial charge is 0.422 e. The summed E-state index contributed by atoms with van der Waals surface area (Å²) in [5.41, 5.74) is 4.21. The number of fused-ring (bicyclic) bond motifs is 2. The molecule has 240 valence electrons. The third kappa shape index (κ3) is 6.40. The molecule has 0 saturated heterocycles. The van der Waals surface area contributed by atoms with Crippen molar-refractivity contribution in [2.75, 3.05) is 44.0 Å². The van der Waals surface area contributed by atoms with Gasteiger partial charge in [0.1, 0.15) is 5.58 Å². The topological polar surface area (TPSA) is 94.6 Å². The van der Waals surface area contributed by atoms with Crippen molar-refractivity contribution in [2.24, 2.45) is 0 Å². The van der Waals surface area contributed by atoms with Crippen LogP contribution in [0.5, 0.6) is 0 Å². The first-order valence-corrected chi connectivity index (χ1v) is 18.4. The van der Waals surface area contributed by atoms with Crippen molar-refractivity contribution in [3.05, 3.63) is 67.8 Å². The van der Waals surface area contributed by atoms with Crippen LogP contribution in [0.1, 0.15) is 77.3 Å². The van der Waals surface area contributed by atoms with E-state index >= 15 is 0 Å². The molecule has 3 aromatic rings. The molecule has 0 unspecified atom stereocenters. The van der Waals surface area contributed by atoms with E-state index in [-0.39, 0.29) is 22.7 Å². The largest absolute Gasteiger partial charge is 0.521 e. The van der Waals surface area contributed by atoms with Gasteiger partial charge in [0.05, 0.1) is 18.3 Å². The lowest BCUT2D eigenvalue weighted by Crippen LogP contribution is -2.55. The molecule has 0 saturated carbocycles. The number of anilines is 1. The van der Waals surface area contributed by atoms with Crippen LogP contribution in [0.25, 0.3) is 32.3 Å². The van der Waals surface area contributed by atoms with Crippen LogP contribution < -0.4 is 15.8 Å². The highest BCUT2D eigenvalue weighted by atomic mass is 32.1. The van der Waals surface area contributed by atoms with Gasteiger partial charge in [0.25, 0.3) is 5.70 Å². The maximum Gasteiger partial charge on any atom is 0.521 e. The van der Waals surface area contributed by atoms with Gasteiger partial charge in [-0.2, -0.15) is 0 Å². The van der Waals surface area contributed by atoms with E-state index in [4.69, 9.17) is 24.3 Å². The minimum atomic E-state index is -3.12. The van der Waals surface area contributed by atoms with Crippen LogP contribution >= 0.6 is 11.3 Å². The van der Waals surface area contributed by atoms with Crippen molar-refractivity contribution in [1.29, 1.82) is 0 Å². The standard InChI is InChI=1S/C34H43N3O6SSi/c1-9-40-45(41-10-2,42-11-3)21-36-31(38)26(35-8)20-23-12-13-27(44-23)24-18-22-19-25-29-28(30(22)43-32(24)39)34(6,7)15-17-37(29)16-14-33(25,4)5/h12-13,18-20H,9-11,14-17,21H2,1-7H3,(H,36,38)/b26-20-. The molecule has 11 heteroatoms. The van der Waals surface area contributed by atoms with Crippen molar-refractivity contribution in [2.45, 2.75) is 72.1 Å². The number of nitrogens with one attached hydrogen (secondary N) is 1. The van der Waals surface area contributed by atoms with Crippen LogP contribution in [-0.4, -0.2) is 53.8 Å². The quantitative estimate of drug-likeness (QED) is 0.108. The predicted octanol–water partition coefficient (Wildman–Crippen LogP) is 6.65. The number of rotatable bonds is 11. The lowest BCUT2D eigenvalue weighted by molar-refractivity contribution is -0.117. The number of carbonyl (C=O) groups is 1. The predicted molar refractivity (Wildman–Crippen MR) is 182 cm³/mol. The van der Waals surface area contributed by atoms with Gasteiger partial charge in [-0.1, -0.05) is 27.7 Å². The summed E-state index contributed by atoms with van der Waals surface area (Å²) in [5, 5.41) is 3.69. The molecule has 45 heavy (non-hydrogen) atoms. The van der Waals surface area contributed by atoms with Gasteiger partial charge < -0.3 is 27.9 Å². The summed E-state index contributed by atoms with van der Waals surface area (Å²) >= 11 is 1.33. The molecule has 5 rings (SSSR count). The molecule has 2 aliphatic heterocycles. The van der Waals surface area contributed by atoms with Crippen LogP contribution in [0, 0.1) is 6.57 Å². The van der Waals surface area contributed by atoms with Gasteiger partial charge in [-0.3, -0.25) is 4.79 Å². The first-order valence-electron chi connectivity index (χ1n) is 15.7. The maximum atomic E-state index is 13.5. The van der Waals surface area contributed by atoms with Gasteiger partial charge in [-0.15, -0.1) is 11.3 Å². The molecule has 0 atom stereocenters. The van der Waals surface area contributed by atoms with Crippen molar-refractivity contribution in [3.63, 3.8) is 0 Å². The SMILES string of the molecule is [C-]#[N+]/C(=C\c1ccc(-c2cc3cc4c5c(c3oc2=O)C(C)(C)CCN5CCC4(C)C)s1)C(=O)NC[Si](OCC)(OCC)OCC. The Morgan fingerprint density at radius 1 is 1.07 bits per heavy atom. The van der Waals surface area contributed by atoms with Crippen LogP contribution in [0.4, 0.5) is 5.69 Å². The number of hydrogen-bond acceptors (Lipinski definition) is 8. The van der Waals surface area contributed by atoms with Gasteiger partial charge in [-0.05, 0) is 80.3 Å². The Morgan fingerprint density at radius 2 is 1.71 bits per heavy atom. The highest BCUT2D eigenvalue weighted by Gasteiger charge is 2.43. The van der Waals surface area contributed by atoms with E-state index in [0.717, 1.165) is 36.9 Å². The molecular formula is C34H43N3O6SSi. The zero-order chi connectivity index (χ0) is 32.6. The van der Waals surface area contributed by atoms with E-state index in [1.54, 1.807) is 0 Å². The van der Waals surface area contributed by atoms with Gasteiger partial charge in [0, 0.05) is 59.3 Å². The zero-order valence-corrected chi connectivity index (χ0v) is 29.1. The molecule has 1 amide bonds. The highest BCUT2D eigenvalue weighted by molar-refractivity contribution is 7.16. The Labute approximate surface area is 270 Å². The molecule has 1 aromatic carbocycles. The fraction of sp³-hybridized carbons (Fsp3) is 0.500. The molecule has 0 bridgehead atoms. The maximum absolute atomic E-state index is 13.5. The van der Waals surface area contributed by atoms with Crippen LogP contribution in [0.15, 0.2) is 39.2 Å². The Bertz CT molecular complexity index is 1710. The second-order valence-electron chi connectivity index (χ2n) is 12.8. The zero-order valence-electron chi connectivity index (χ0n) is 27.3. The van der Waals surface area contributed by atoms with E-state index < -0.39 is 20.3 Å². The van der Waals surface area contributed by atoms with Crippen molar-refractivity contribution < 1.29 is 22.5 Å². The van der Waals surface area contributed by atoms with E-state index in [1.807, 2.05) is 39.0 Å². The first-order chi connectivity index (χ1) is 21.4.